The molecule has 0 radical (unpaired) electrons. The number of nitrogens with one attached hydrogen (secondary N) is 1. The molecule has 0 spiro atoms. The summed E-state index contributed by atoms with van der Waals surface area (Å²) < 4.78 is 5.22. The van der Waals surface area contributed by atoms with Crippen LogP contribution in [0, 0.1) is 0 Å². The first-order valence-electron chi connectivity index (χ1n) is 4.80. The maximum absolute atomic E-state index is 10.8. The molecule has 16 heavy (non-hydrogen) atoms. The third kappa shape index (κ3) is 3.24. The topological polar surface area (TPSA) is 51.2 Å². The Morgan fingerprint density at radius 2 is 2.31 bits per heavy atom. The lowest BCUT2D eigenvalue weighted by atomic mass is 10.2. The summed E-state index contributed by atoms with van der Waals surface area (Å²) in [5.41, 5.74) is 0.623. The molecule has 4 nitrogen and oxygen atoms in total. The van der Waals surface area contributed by atoms with E-state index in [0.717, 1.165) is 0 Å². The van der Waals surface area contributed by atoms with Gasteiger partial charge in [-0.25, -0.2) is 4.98 Å². The third-order valence-electron chi connectivity index (χ3n) is 1.77. The minimum Gasteiger partial charge on any atom is -0.494 e. The number of nitrogens with zero attached hydrogens (tertiary/aromatic N) is 1. The first-order valence-corrected chi connectivity index (χ1v) is 5.18. The number of rotatable bonds is 4. The van der Waals surface area contributed by atoms with E-state index in [1.54, 1.807) is 12.1 Å². The molecule has 0 aromatic carbocycles. The van der Waals surface area contributed by atoms with Gasteiger partial charge >= 0.3 is 0 Å². The van der Waals surface area contributed by atoms with Gasteiger partial charge in [-0.15, -0.1) is 0 Å². The Bertz CT molecular complexity index is 418. The van der Waals surface area contributed by atoms with E-state index in [0.29, 0.717) is 23.7 Å². The predicted octanol–water partition coefficient (Wildman–Crippen LogP) is 2.70. The van der Waals surface area contributed by atoms with Crippen molar-refractivity contribution >= 4 is 29.1 Å². The fraction of sp³-hybridized carbons (Fsp3) is 0.273. The molecular formula is C11H13ClN2O2. The normalized spacial score (nSPS) is 9.69. The van der Waals surface area contributed by atoms with E-state index in [1.807, 2.05) is 6.92 Å². The molecule has 5 heteroatoms. The van der Waals surface area contributed by atoms with E-state index in [4.69, 9.17) is 16.3 Å². The fourth-order valence-electron chi connectivity index (χ4n) is 1.14. The van der Waals surface area contributed by atoms with Gasteiger partial charge in [0.2, 0.25) is 5.91 Å². The van der Waals surface area contributed by atoms with E-state index in [-0.39, 0.29) is 11.1 Å². The van der Waals surface area contributed by atoms with Crippen molar-refractivity contribution in [1.29, 1.82) is 0 Å². The number of hydrogen-bond donors (Lipinski definition) is 1. The molecule has 0 bridgehead atoms. The monoisotopic (exact) mass is 240 g/mol. The molecule has 0 aliphatic carbocycles. The quantitative estimate of drug-likeness (QED) is 0.650. The van der Waals surface area contributed by atoms with Crippen LogP contribution in [0.15, 0.2) is 18.7 Å². The molecule has 1 aromatic heterocycles. The highest BCUT2D eigenvalue weighted by Gasteiger charge is 2.08. The molecule has 1 heterocycles. The summed E-state index contributed by atoms with van der Waals surface area (Å²) >= 11 is 5.94. The first kappa shape index (κ1) is 12.5. The van der Waals surface area contributed by atoms with Crippen LogP contribution in [0.4, 0.5) is 5.82 Å². The summed E-state index contributed by atoms with van der Waals surface area (Å²) in [6.07, 6.45) is 0. The summed E-state index contributed by atoms with van der Waals surface area (Å²) in [4.78, 5) is 14.8. The SMILES string of the molecule is C=C(OCC)c1ccc(NC(C)=O)nc1Cl. The van der Waals surface area contributed by atoms with Crippen molar-refractivity contribution in [1.82, 2.24) is 4.98 Å². The molecule has 0 saturated carbocycles. The Morgan fingerprint density at radius 1 is 1.62 bits per heavy atom. The van der Waals surface area contributed by atoms with Gasteiger partial charge in [0.05, 0.1) is 12.2 Å². The molecule has 1 N–H and O–H groups in total. The van der Waals surface area contributed by atoms with Crippen molar-refractivity contribution in [3.8, 4) is 0 Å². The van der Waals surface area contributed by atoms with Crippen LogP contribution in [-0.2, 0) is 9.53 Å². The predicted molar refractivity (Wildman–Crippen MR) is 64.2 cm³/mol. The second kappa shape index (κ2) is 5.51. The molecule has 0 atom stereocenters. The number of carbonyl (C=O) groups excluding carboxylic acids is 1. The van der Waals surface area contributed by atoms with Crippen molar-refractivity contribution in [2.45, 2.75) is 13.8 Å². The molecule has 1 aromatic rings. The Kier molecular flexibility index (Phi) is 4.31. The summed E-state index contributed by atoms with van der Waals surface area (Å²) in [7, 11) is 0. The summed E-state index contributed by atoms with van der Waals surface area (Å²) in [6.45, 7) is 7.51. The Hall–Kier alpha value is -1.55. The zero-order chi connectivity index (χ0) is 12.1. The molecule has 86 valence electrons. The minimum absolute atomic E-state index is 0.194. The van der Waals surface area contributed by atoms with Gasteiger partial charge in [0.15, 0.2) is 0 Å². The lowest BCUT2D eigenvalue weighted by Crippen LogP contribution is -2.07. The molecule has 0 aliphatic rings. The smallest absolute Gasteiger partial charge is 0.222 e. The van der Waals surface area contributed by atoms with Crippen molar-refractivity contribution in [2.75, 3.05) is 11.9 Å². The number of hydrogen-bond acceptors (Lipinski definition) is 3. The average molecular weight is 241 g/mol. The minimum atomic E-state index is -0.194. The first-order chi connectivity index (χ1) is 7.54. The molecule has 1 rings (SSSR count). The van der Waals surface area contributed by atoms with Gasteiger partial charge in [0, 0.05) is 6.92 Å². The van der Waals surface area contributed by atoms with Crippen LogP contribution >= 0.6 is 11.6 Å². The summed E-state index contributed by atoms with van der Waals surface area (Å²) in [5.74, 6) is 0.680. The van der Waals surface area contributed by atoms with E-state index >= 15 is 0 Å². The van der Waals surface area contributed by atoms with Gasteiger partial charge in [0.25, 0.3) is 0 Å². The van der Waals surface area contributed by atoms with Crippen LogP contribution < -0.4 is 5.32 Å². The highest BCUT2D eigenvalue weighted by atomic mass is 35.5. The number of aromatic nitrogens is 1. The second-order valence-electron chi connectivity index (χ2n) is 3.07. The van der Waals surface area contributed by atoms with E-state index < -0.39 is 0 Å². The van der Waals surface area contributed by atoms with Gasteiger partial charge in [-0.1, -0.05) is 18.2 Å². The highest BCUT2D eigenvalue weighted by molar-refractivity contribution is 6.31. The lowest BCUT2D eigenvalue weighted by Gasteiger charge is -2.09. The van der Waals surface area contributed by atoms with Crippen LogP contribution in [0.2, 0.25) is 5.15 Å². The van der Waals surface area contributed by atoms with Crippen LogP contribution in [0.5, 0.6) is 0 Å². The number of pyridine rings is 1. The van der Waals surface area contributed by atoms with Crippen LogP contribution in [0.25, 0.3) is 5.76 Å². The number of halogens is 1. The van der Waals surface area contributed by atoms with Crippen LogP contribution in [0.3, 0.4) is 0 Å². The van der Waals surface area contributed by atoms with Crippen LogP contribution in [0.1, 0.15) is 19.4 Å². The maximum Gasteiger partial charge on any atom is 0.222 e. The van der Waals surface area contributed by atoms with E-state index in [1.165, 1.54) is 6.92 Å². The van der Waals surface area contributed by atoms with Crippen molar-refractivity contribution < 1.29 is 9.53 Å². The van der Waals surface area contributed by atoms with Crippen molar-refractivity contribution in [2.24, 2.45) is 0 Å². The van der Waals surface area contributed by atoms with Gasteiger partial charge in [-0.05, 0) is 19.1 Å². The number of ether oxygens (including phenoxy) is 1. The van der Waals surface area contributed by atoms with E-state index in [2.05, 4.69) is 16.9 Å². The lowest BCUT2D eigenvalue weighted by molar-refractivity contribution is -0.114. The fourth-order valence-corrected chi connectivity index (χ4v) is 1.40. The number of anilines is 1. The van der Waals surface area contributed by atoms with Gasteiger partial charge in [0.1, 0.15) is 16.7 Å². The number of amides is 1. The summed E-state index contributed by atoms with van der Waals surface area (Å²) in [5, 5.41) is 2.79. The van der Waals surface area contributed by atoms with Crippen molar-refractivity contribution in [3.05, 3.63) is 29.4 Å². The standard InChI is InChI=1S/C11H13ClN2O2/c1-4-16-7(2)9-5-6-10(13-8(3)15)14-11(9)12/h5-6H,2,4H2,1,3H3,(H,13,14,15). The Balaban J connectivity index is 2.91. The van der Waals surface area contributed by atoms with Crippen LogP contribution in [-0.4, -0.2) is 17.5 Å². The number of carbonyl (C=O) groups is 1. The largest absolute Gasteiger partial charge is 0.494 e. The van der Waals surface area contributed by atoms with E-state index in [9.17, 15) is 4.79 Å². The maximum atomic E-state index is 10.8. The third-order valence-corrected chi connectivity index (χ3v) is 2.06. The Labute approximate surface area is 99.3 Å². The van der Waals surface area contributed by atoms with Crippen molar-refractivity contribution in [3.63, 3.8) is 0 Å². The zero-order valence-corrected chi connectivity index (χ0v) is 9.97. The summed E-state index contributed by atoms with van der Waals surface area (Å²) in [6, 6.07) is 3.35. The molecule has 0 fully saturated rings. The highest BCUT2D eigenvalue weighted by Crippen LogP contribution is 2.23. The molecule has 0 unspecified atom stereocenters. The van der Waals surface area contributed by atoms with Gasteiger partial charge < -0.3 is 10.1 Å². The average Bonchev–Trinajstić information content (AvgIpc) is 2.16. The molecule has 1 amide bonds. The van der Waals surface area contributed by atoms with Gasteiger partial charge in [-0.3, -0.25) is 4.79 Å². The molecule has 0 saturated heterocycles. The second-order valence-corrected chi connectivity index (χ2v) is 3.43. The van der Waals surface area contributed by atoms with Gasteiger partial charge in [-0.2, -0.15) is 0 Å². The molecular weight excluding hydrogens is 228 g/mol. The Morgan fingerprint density at radius 3 is 2.81 bits per heavy atom. The molecule has 0 aliphatic heterocycles. The zero-order valence-electron chi connectivity index (χ0n) is 9.21.